The molecule has 2 amide bonds. The minimum Gasteiger partial charge on any atom is -0.354 e. The van der Waals surface area contributed by atoms with E-state index in [1.165, 1.54) is 6.92 Å². The van der Waals surface area contributed by atoms with Gasteiger partial charge in [0.2, 0.25) is 11.8 Å². The Morgan fingerprint density at radius 3 is 2.42 bits per heavy atom. The van der Waals surface area contributed by atoms with E-state index in [9.17, 15) is 18.4 Å². The number of amides is 2. The van der Waals surface area contributed by atoms with E-state index in [0.29, 0.717) is 19.0 Å². The summed E-state index contributed by atoms with van der Waals surface area (Å²) in [5.41, 5.74) is 0.952. The molecule has 4 nitrogen and oxygen atoms in total. The quantitative estimate of drug-likeness (QED) is 0.884. The van der Waals surface area contributed by atoms with Crippen molar-refractivity contribution in [3.63, 3.8) is 0 Å². The zero-order valence-corrected chi connectivity index (χ0v) is 13.3. The van der Waals surface area contributed by atoms with Crippen molar-refractivity contribution >= 4 is 17.5 Å². The minimum absolute atomic E-state index is 0.123. The van der Waals surface area contributed by atoms with Gasteiger partial charge in [0.15, 0.2) is 0 Å². The monoisotopic (exact) mass is 332 g/mol. The molecule has 0 saturated heterocycles. The van der Waals surface area contributed by atoms with Gasteiger partial charge in [-0.2, -0.15) is 0 Å². The van der Waals surface area contributed by atoms with E-state index in [1.54, 1.807) is 0 Å². The van der Waals surface area contributed by atoms with Gasteiger partial charge in [-0.05, 0) is 24.1 Å². The largest absolute Gasteiger partial charge is 0.354 e. The maximum Gasteiger partial charge on any atom is 0.240 e. The first-order valence-corrected chi connectivity index (χ1v) is 7.51. The van der Waals surface area contributed by atoms with E-state index in [-0.39, 0.29) is 12.2 Å². The first-order valence-electron chi connectivity index (χ1n) is 7.51. The molecule has 0 spiro atoms. The van der Waals surface area contributed by atoms with Gasteiger partial charge in [-0.15, -0.1) is 0 Å². The third-order valence-corrected chi connectivity index (χ3v) is 3.46. The minimum atomic E-state index is -0.887. The molecule has 2 rings (SSSR count). The Hall–Kier alpha value is -2.76. The van der Waals surface area contributed by atoms with Crippen LogP contribution in [-0.4, -0.2) is 24.9 Å². The van der Waals surface area contributed by atoms with E-state index < -0.39 is 23.4 Å². The van der Waals surface area contributed by atoms with E-state index in [0.717, 1.165) is 22.6 Å². The van der Waals surface area contributed by atoms with Crippen LogP contribution in [0.25, 0.3) is 0 Å². The van der Waals surface area contributed by atoms with Crippen molar-refractivity contribution in [2.75, 3.05) is 18.0 Å². The van der Waals surface area contributed by atoms with Gasteiger partial charge in [0.05, 0.1) is 5.69 Å². The second-order valence-corrected chi connectivity index (χ2v) is 5.29. The smallest absolute Gasteiger partial charge is 0.240 e. The summed E-state index contributed by atoms with van der Waals surface area (Å²) in [5, 5.41) is 2.69. The predicted molar refractivity (Wildman–Crippen MR) is 87.5 cm³/mol. The van der Waals surface area contributed by atoms with Gasteiger partial charge in [-0.3, -0.25) is 9.59 Å². The fourth-order valence-corrected chi connectivity index (χ4v) is 2.26. The number of benzene rings is 2. The summed E-state index contributed by atoms with van der Waals surface area (Å²) in [6, 6.07) is 12.5. The first-order chi connectivity index (χ1) is 11.5. The summed E-state index contributed by atoms with van der Waals surface area (Å²) < 4.78 is 26.8. The number of carbonyl (C=O) groups is 2. The molecular weight excluding hydrogens is 314 g/mol. The topological polar surface area (TPSA) is 49.4 Å². The van der Waals surface area contributed by atoms with Gasteiger partial charge in [-0.25, -0.2) is 8.78 Å². The van der Waals surface area contributed by atoms with Crippen molar-refractivity contribution in [3.8, 4) is 0 Å². The van der Waals surface area contributed by atoms with Gasteiger partial charge in [0.25, 0.3) is 0 Å². The fraction of sp³-hybridized carbons (Fsp3) is 0.222. The molecule has 2 aromatic rings. The van der Waals surface area contributed by atoms with Crippen molar-refractivity contribution in [2.45, 2.75) is 13.3 Å². The highest BCUT2D eigenvalue weighted by atomic mass is 19.1. The van der Waals surface area contributed by atoms with Crippen LogP contribution in [0.1, 0.15) is 12.5 Å². The van der Waals surface area contributed by atoms with Crippen molar-refractivity contribution in [1.82, 2.24) is 5.32 Å². The summed E-state index contributed by atoms with van der Waals surface area (Å²) in [6.07, 6.45) is 0.650. The Labute approximate surface area is 139 Å². The second kappa shape index (κ2) is 8.19. The van der Waals surface area contributed by atoms with Gasteiger partial charge in [-0.1, -0.05) is 30.3 Å². The van der Waals surface area contributed by atoms with Crippen molar-refractivity contribution < 1.29 is 18.4 Å². The summed E-state index contributed by atoms with van der Waals surface area (Å²) in [4.78, 5) is 24.7. The molecule has 6 heteroatoms. The average molecular weight is 332 g/mol. The Morgan fingerprint density at radius 2 is 1.79 bits per heavy atom. The van der Waals surface area contributed by atoms with E-state index in [4.69, 9.17) is 0 Å². The number of rotatable bonds is 6. The van der Waals surface area contributed by atoms with E-state index in [2.05, 4.69) is 5.32 Å². The molecular formula is C18H18F2N2O2. The third-order valence-electron chi connectivity index (χ3n) is 3.46. The summed E-state index contributed by atoms with van der Waals surface area (Å²) in [6.45, 7) is 1.30. The second-order valence-electron chi connectivity index (χ2n) is 5.29. The molecule has 24 heavy (non-hydrogen) atoms. The number of carbonyl (C=O) groups excluding carboxylic acids is 2. The van der Waals surface area contributed by atoms with Crippen molar-refractivity contribution in [1.29, 1.82) is 0 Å². The van der Waals surface area contributed by atoms with Crippen LogP contribution in [0.15, 0.2) is 48.5 Å². The van der Waals surface area contributed by atoms with Crippen LogP contribution in [-0.2, 0) is 16.0 Å². The Kier molecular flexibility index (Phi) is 6.01. The first kappa shape index (κ1) is 17.6. The number of anilines is 1. The lowest BCUT2D eigenvalue weighted by Gasteiger charge is -2.21. The highest BCUT2D eigenvalue weighted by Crippen LogP contribution is 2.20. The lowest BCUT2D eigenvalue weighted by atomic mass is 10.1. The molecule has 0 aliphatic carbocycles. The summed E-state index contributed by atoms with van der Waals surface area (Å²) in [7, 11) is 0. The molecule has 2 aromatic carbocycles. The molecule has 126 valence electrons. The number of nitrogens with zero attached hydrogens (tertiary/aromatic N) is 1. The average Bonchev–Trinajstić information content (AvgIpc) is 2.54. The fourth-order valence-electron chi connectivity index (χ4n) is 2.26. The molecule has 0 bridgehead atoms. The third kappa shape index (κ3) is 4.87. The van der Waals surface area contributed by atoms with Crippen LogP contribution in [0.3, 0.4) is 0 Å². The molecule has 0 saturated carbocycles. The van der Waals surface area contributed by atoms with Gasteiger partial charge >= 0.3 is 0 Å². The summed E-state index contributed by atoms with van der Waals surface area (Å²) in [5.74, 6) is -2.54. The normalized spacial score (nSPS) is 10.3. The van der Waals surface area contributed by atoms with Gasteiger partial charge in [0.1, 0.15) is 18.2 Å². The highest BCUT2D eigenvalue weighted by Gasteiger charge is 2.19. The Morgan fingerprint density at radius 1 is 1.08 bits per heavy atom. The van der Waals surface area contributed by atoms with Crippen LogP contribution < -0.4 is 10.2 Å². The van der Waals surface area contributed by atoms with Gasteiger partial charge < -0.3 is 10.2 Å². The molecule has 0 fully saturated rings. The van der Waals surface area contributed by atoms with Crippen LogP contribution >= 0.6 is 0 Å². The Bertz CT molecular complexity index is 720. The maximum atomic E-state index is 13.8. The van der Waals surface area contributed by atoms with Crippen LogP contribution in [0.4, 0.5) is 14.5 Å². The van der Waals surface area contributed by atoms with E-state index >= 15 is 0 Å². The number of hydrogen-bond donors (Lipinski definition) is 1. The molecule has 0 aromatic heterocycles. The molecule has 0 heterocycles. The van der Waals surface area contributed by atoms with Gasteiger partial charge in [0, 0.05) is 19.5 Å². The number of nitrogens with one attached hydrogen (secondary N) is 1. The molecule has 0 aliphatic rings. The van der Waals surface area contributed by atoms with Crippen LogP contribution in [0.2, 0.25) is 0 Å². The molecule has 0 atom stereocenters. The zero-order chi connectivity index (χ0) is 17.5. The van der Waals surface area contributed by atoms with Crippen molar-refractivity contribution in [2.24, 2.45) is 0 Å². The number of hydrogen-bond acceptors (Lipinski definition) is 2. The van der Waals surface area contributed by atoms with Crippen LogP contribution in [0, 0.1) is 11.6 Å². The van der Waals surface area contributed by atoms with E-state index in [1.807, 2.05) is 30.3 Å². The standard InChI is InChI=1S/C18H18F2N2O2/c1-13(23)22(17-8-7-15(19)11-16(17)20)12-18(24)21-10-9-14-5-3-2-4-6-14/h2-8,11H,9-10,12H2,1H3,(H,21,24). The maximum absolute atomic E-state index is 13.8. The highest BCUT2D eigenvalue weighted by molar-refractivity contribution is 5.97. The SMILES string of the molecule is CC(=O)N(CC(=O)NCCc1ccccc1)c1ccc(F)cc1F. The lowest BCUT2D eigenvalue weighted by Crippen LogP contribution is -2.40. The zero-order valence-electron chi connectivity index (χ0n) is 13.3. The van der Waals surface area contributed by atoms with Crippen molar-refractivity contribution in [3.05, 3.63) is 65.7 Å². The molecule has 0 aliphatic heterocycles. The van der Waals surface area contributed by atoms with Crippen LogP contribution in [0.5, 0.6) is 0 Å². The Balaban J connectivity index is 1.95. The summed E-state index contributed by atoms with van der Waals surface area (Å²) >= 11 is 0. The predicted octanol–water partition coefficient (Wildman–Crippen LogP) is 2.68. The molecule has 1 N–H and O–H groups in total. The molecule has 0 unspecified atom stereocenters. The molecule has 0 radical (unpaired) electrons. The lowest BCUT2D eigenvalue weighted by molar-refractivity contribution is -0.123. The number of halogens is 2.